The Morgan fingerprint density at radius 2 is 2.20 bits per heavy atom. The van der Waals surface area contributed by atoms with Crippen molar-refractivity contribution in [2.75, 3.05) is 5.32 Å². The number of halogens is 2. The first kappa shape index (κ1) is 10.0. The molecule has 0 aliphatic rings. The summed E-state index contributed by atoms with van der Waals surface area (Å²) in [6.45, 7) is 0. The molecule has 2 heterocycles. The van der Waals surface area contributed by atoms with Crippen molar-refractivity contribution in [1.29, 1.82) is 0 Å². The fourth-order valence-electron chi connectivity index (χ4n) is 1.08. The molecule has 0 atom stereocenters. The minimum Gasteiger partial charge on any atom is -0.337 e. The second-order valence-electron chi connectivity index (χ2n) is 2.85. The topological polar surface area (TPSA) is 37.8 Å². The van der Waals surface area contributed by atoms with Gasteiger partial charge >= 0.3 is 0 Å². The highest BCUT2D eigenvalue weighted by molar-refractivity contribution is 9.10. The lowest BCUT2D eigenvalue weighted by Gasteiger charge is -2.05. The van der Waals surface area contributed by atoms with Gasteiger partial charge in [0.15, 0.2) is 11.6 Å². The molecule has 1 N–H and O–H groups in total. The molecule has 0 saturated carbocycles. The van der Waals surface area contributed by atoms with E-state index in [0.29, 0.717) is 10.2 Å². The maximum atomic E-state index is 13.4. The molecular formula is C10H7BrFN3. The molecule has 15 heavy (non-hydrogen) atoms. The van der Waals surface area contributed by atoms with E-state index >= 15 is 0 Å². The number of nitrogens with zero attached hydrogens (tertiary/aromatic N) is 2. The number of pyridine rings is 2. The van der Waals surface area contributed by atoms with Crippen LogP contribution in [-0.4, -0.2) is 9.97 Å². The van der Waals surface area contributed by atoms with Crippen LogP contribution in [0.5, 0.6) is 0 Å². The molecule has 5 heteroatoms. The second-order valence-corrected chi connectivity index (χ2v) is 3.77. The van der Waals surface area contributed by atoms with Gasteiger partial charge in [-0.05, 0) is 34.1 Å². The van der Waals surface area contributed by atoms with Crippen LogP contribution in [-0.2, 0) is 0 Å². The Kier molecular flexibility index (Phi) is 2.91. The summed E-state index contributed by atoms with van der Waals surface area (Å²) in [5.74, 6) is -0.223. The van der Waals surface area contributed by atoms with Crippen molar-refractivity contribution < 1.29 is 4.39 Å². The van der Waals surface area contributed by atoms with Gasteiger partial charge in [0.05, 0.1) is 11.9 Å². The highest BCUT2D eigenvalue weighted by Gasteiger charge is 2.04. The van der Waals surface area contributed by atoms with Gasteiger partial charge in [-0.2, -0.15) is 0 Å². The summed E-state index contributed by atoms with van der Waals surface area (Å²) >= 11 is 3.14. The van der Waals surface area contributed by atoms with Crippen LogP contribution in [0.2, 0.25) is 0 Å². The standard InChI is InChI=1S/C10H7BrFN3/c11-7-4-9(12)10(14-5-7)15-8-2-1-3-13-6-8/h1-6H,(H,14,15). The zero-order valence-electron chi connectivity index (χ0n) is 7.61. The van der Waals surface area contributed by atoms with Gasteiger partial charge in [0.1, 0.15) is 0 Å². The van der Waals surface area contributed by atoms with Crippen LogP contribution >= 0.6 is 15.9 Å². The molecule has 0 bridgehead atoms. The Morgan fingerprint density at radius 3 is 2.87 bits per heavy atom. The van der Waals surface area contributed by atoms with Crippen molar-refractivity contribution in [2.24, 2.45) is 0 Å². The minimum atomic E-state index is -0.409. The maximum Gasteiger partial charge on any atom is 0.166 e. The van der Waals surface area contributed by atoms with Gasteiger partial charge in [0, 0.05) is 16.9 Å². The van der Waals surface area contributed by atoms with Crippen molar-refractivity contribution in [3.63, 3.8) is 0 Å². The first-order valence-electron chi connectivity index (χ1n) is 4.24. The lowest BCUT2D eigenvalue weighted by atomic mass is 10.4. The lowest BCUT2D eigenvalue weighted by Crippen LogP contribution is -1.96. The summed E-state index contributed by atoms with van der Waals surface area (Å²) < 4.78 is 14.0. The maximum absolute atomic E-state index is 13.4. The fourth-order valence-corrected chi connectivity index (χ4v) is 1.38. The van der Waals surface area contributed by atoms with Gasteiger partial charge in [-0.25, -0.2) is 9.37 Å². The third-order valence-electron chi connectivity index (χ3n) is 1.73. The summed E-state index contributed by atoms with van der Waals surface area (Å²) in [7, 11) is 0. The van der Waals surface area contributed by atoms with E-state index in [9.17, 15) is 4.39 Å². The van der Waals surface area contributed by atoms with E-state index in [1.165, 1.54) is 12.3 Å². The van der Waals surface area contributed by atoms with Gasteiger partial charge in [-0.1, -0.05) is 0 Å². The Bertz CT molecular complexity index is 461. The molecule has 0 aliphatic carbocycles. The van der Waals surface area contributed by atoms with Crippen molar-refractivity contribution in [3.8, 4) is 0 Å². The molecule has 76 valence electrons. The predicted molar refractivity (Wildman–Crippen MR) is 59.4 cm³/mol. The van der Waals surface area contributed by atoms with Crippen LogP contribution in [0.4, 0.5) is 15.9 Å². The number of rotatable bonds is 2. The molecule has 2 aromatic rings. The van der Waals surface area contributed by atoms with Gasteiger partial charge < -0.3 is 5.32 Å². The van der Waals surface area contributed by atoms with Crippen molar-refractivity contribution in [3.05, 3.63) is 47.1 Å². The minimum absolute atomic E-state index is 0.186. The van der Waals surface area contributed by atoms with Crippen molar-refractivity contribution >= 4 is 27.4 Å². The summed E-state index contributed by atoms with van der Waals surface area (Å²) in [5.41, 5.74) is 0.700. The molecule has 2 rings (SSSR count). The Morgan fingerprint density at radius 1 is 1.33 bits per heavy atom. The van der Waals surface area contributed by atoms with Gasteiger partial charge in [-0.3, -0.25) is 4.98 Å². The lowest BCUT2D eigenvalue weighted by molar-refractivity contribution is 0.625. The predicted octanol–water partition coefficient (Wildman–Crippen LogP) is 3.12. The number of aromatic nitrogens is 2. The Labute approximate surface area is 94.5 Å². The fraction of sp³-hybridized carbons (Fsp3) is 0. The molecule has 0 saturated heterocycles. The van der Waals surface area contributed by atoms with Gasteiger partial charge in [0.2, 0.25) is 0 Å². The summed E-state index contributed by atoms with van der Waals surface area (Å²) in [6, 6.07) is 4.90. The van der Waals surface area contributed by atoms with Gasteiger partial charge in [0.25, 0.3) is 0 Å². The van der Waals surface area contributed by atoms with Crippen LogP contribution in [0.3, 0.4) is 0 Å². The number of nitrogens with one attached hydrogen (secondary N) is 1. The SMILES string of the molecule is Fc1cc(Br)cnc1Nc1cccnc1. The largest absolute Gasteiger partial charge is 0.337 e. The third-order valence-corrected chi connectivity index (χ3v) is 2.17. The van der Waals surface area contributed by atoms with Gasteiger partial charge in [-0.15, -0.1) is 0 Å². The van der Waals surface area contributed by atoms with E-state index in [0.717, 1.165) is 0 Å². The monoisotopic (exact) mass is 267 g/mol. The van der Waals surface area contributed by atoms with E-state index in [1.807, 2.05) is 0 Å². The molecule has 2 aromatic heterocycles. The molecule has 3 nitrogen and oxygen atoms in total. The number of anilines is 2. The summed E-state index contributed by atoms with van der Waals surface area (Å²) in [4.78, 5) is 7.82. The molecule has 0 aliphatic heterocycles. The Hall–Kier alpha value is -1.49. The number of hydrogen-bond donors (Lipinski definition) is 1. The van der Waals surface area contributed by atoms with Crippen LogP contribution in [0.1, 0.15) is 0 Å². The third kappa shape index (κ3) is 2.50. The summed E-state index contributed by atoms with van der Waals surface area (Å²) in [6.07, 6.45) is 4.78. The average Bonchev–Trinajstić information content (AvgIpc) is 2.24. The molecule has 0 radical (unpaired) electrons. The quantitative estimate of drug-likeness (QED) is 0.909. The molecule has 0 aromatic carbocycles. The first-order chi connectivity index (χ1) is 7.25. The van der Waals surface area contributed by atoms with E-state index in [4.69, 9.17) is 0 Å². The highest BCUT2D eigenvalue weighted by atomic mass is 79.9. The van der Waals surface area contributed by atoms with Crippen LogP contribution in [0.15, 0.2) is 41.3 Å². The van der Waals surface area contributed by atoms with E-state index in [1.54, 1.807) is 24.5 Å². The van der Waals surface area contributed by atoms with Crippen LogP contribution in [0, 0.1) is 5.82 Å². The first-order valence-corrected chi connectivity index (χ1v) is 5.03. The summed E-state index contributed by atoms with van der Waals surface area (Å²) in [5, 5.41) is 2.83. The van der Waals surface area contributed by atoms with Crippen molar-refractivity contribution in [2.45, 2.75) is 0 Å². The van der Waals surface area contributed by atoms with Crippen LogP contribution < -0.4 is 5.32 Å². The average molecular weight is 268 g/mol. The highest BCUT2D eigenvalue weighted by Crippen LogP contribution is 2.19. The molecule has 0 unspecified atom stereocenters. The van der Waals surface area contributed by atoms with E-state index < -0.39 is 5.82 Å². The molecule has 0 fully saturated rings. The zero-order valence-corrected chi connectivity index (χ0v) is 9.20. The second kappa shape index (κ2) is 4.35. The molecular weight excluding hydrogens is 261 g/mol. The van der Waals surface area contributed by atoms with E-state index in [2.05, 4.69) is 31.2 Å². The zero-order chi connectivity index (χ0) is 10.7. The normalized spacial score (nSPS) is 10.0. The van der Waals surface area contributed by atoms with E-state index in [-0.39, 0.29) is 5.82 Å². The van der Waals surface area contributed by atoms with Crippen molar-refractivity contribution in [1.82, 2.24) is 9.97 Å². The smallest absolute Gasteiger partial charge is 0.166 e. The number of hydrogen-bond acceptors (Lipinski definition) is 3. The molecule has 0 spiro atoms. The molecule has 0 amide bonds. The Balaban J connectivity index is 2.25. The van der Waals surface area contributed by atoms with Crippen LogP contribution in [0.25, 0.3) is 0 Å².